The number of aliphatic carboxylic acids is 1. The molecule has 20 heavy (non-hydrogen) atoms. The summed E-state index contributed by atoms with van der Waals surface area (Å²) in [5.74, 6) is 0.0745. The molecular weight excluding hydrogens is 252 g/mol. The summed E-state index contributed by atoms with van der Waals surface area (Å²) in [7, 11) is 0. The predicted octanol–water partition coefficient (Wildman–Crippen LogP) is 3.63. The number of fused-ring (bicyclic) bond motifs is 1. The van der Waals surface area contributed by atoms with E-state index in [1.165, 1.54) is 25.7 Å². The number of carboxylic acids is 1. The number of unbranched alkanes of at least 4 members (excludes halogenated alkanes) is 4. The van der Waals surface area contributed by atoms with Crippen LogP contribution in [-0.2, 0) is 17.8 Å². The fraction of sp³-hybridized carbons (Fsp3) is 0.500. The molecule has 0 amide bonds. The van der Waals surface area contributed by atoms with Gasteiger partial charge in [-0.2, -0.15) is 0 Å². The molecule has 0 bridgehead atoms. The largest absolute Gasteiger partial charge is 0.480 e. The summed E-state index contributed by atoms with van der Waals surface area (Å²) in [5, 5.41) is 9.06. The van der Waals surface area contributed by atoms with E-state index in [9.17, 15) is 4.79 Å². The lowest BCUT2D eigenvalue weighted by molar-refractivity contribution is -0.137. The van der Waals surface area contributed by atoms with Crippen LogP contribution in [0.25, 0.3) is 11.0 Å². The van der Waals surface area contributed by atoms with Gasteiger partial charge in [0.15, 0.2) is 0 Å². The van der Waals surface area contributed by atoms with Crippen LogP contribution in [0.15, 0.2) is 24.3 Å². The molecule has 1 heterocycles. The van der Waals surface area contributed by atoms with Gasteiger partial charge in [-0.25, -0.2) is 4.98 Å². The Hall–Kier alpha value is -1.84. The van der Waals surface area contributed by atoms with Crippen LogP contribution in [0.1, 0.15) is 44.9 Å². The molecule has 0 aliphatic rings. The second kappa shape index (κ2) is 7.08. The van der Waals surface area contributed by atoms with Crippen LogP contribution < -0.4 is 0 Å². The molecule has 0 saturated carbocycles. The van der Waals surface area contributed by atoms with Crippen molar-refractivity contribution in [3.8, 4) is 0 Å². The van der Waals surface area contributed by atoms with Crippen molar-refractivity contribution < 1.29 is 9.90 Å². The number of hydrogen-bond acceptors (Lipinski definition) is 2. The number of carbonyl (C=O) groups is 1. The van der Waals surface area contributed by atoms with Crippen LogP contribution in [0.3, 0.4) is 0 Å². The number of para-hydroxylation sites is 2. The summed E-state index contributed by atoms with van der Waals surface area (Å²) < 4.78 is 1.83. The maximum Gasteiger partial charge on any atom is 0.323 e. The highest BCUT2D eigenvalue weighted by Gasteiger charge is 2.12. The zero-order valence-electron chi connectivity index (χ0n) is 12.0. The number of benzene rings is 1. The summed E-state index contributed by atoms with van der Waals surface area (Å²) in [4.78, 5) is 15.6. The lowest BCUT2D eigenvalue weighted by Crippen LogP contribution is -2.12. The quantitative estimate of drug-likeness (QED) is 0.748. The number of aryl methyl sites for hydroxylation is 1. The fourth-order valence-corrected chi connectivity index (χ4v) is 2.51. The van der Waals surface area contributed by atoms with Crippen molar-refractivity contribution in [1.82, 2.24) is 9.55 Å². The van der Waals surface area contributed by atoms with Crippen molar-refractivity contribution in [3.05, 3.63) is 30.1 Å². The van der Waals surface area contributed by atoms with Crippen LogP contribution in [0.5, 0.6) is 0 Å². The average molecular weight is 274 g/mol. The third kappa shape index (κ3) is 3.59. The second-order valence-corrected chi connectivity index (χ2v) is 5.16. The number of carboxylic acid groups (broad SMARTS) is 1. The van der Waals surface area contributed by atoms with Crippen molar-refractivity contribution in [2.75, 3.05) is 0 Å². The van der Waals surface area contributed by atoms with E-state index in [4.69, 9.17) is 5.11 Å². The summed E-state index contributed by atoms with van der Waals surface area (Å²) in [6.45, 7) is 2.19. The number of rotatable bonds is 8. The first-order valence-corrected chi connectivity index (χ1v) is 7.38. The number of nitrogens with zero attached hydrogens (tertiary/aromatic N) is 2. The first-order chi connectivity index (χ1) is 9.72. The number of imidazole rings is 1. The van der Waals surface area contributed by atoms with Crippen molar-refractivity contribution >= 4 is 17.0 Å². The first kappa shape index (κ1) is 14.6. The average Bonchev–Trinajstić information content (AvgIpc) is 2.76. The maximum atomic E-state index is 11.0. The van der Waals surface area contributed by atoms with E-state index >= 15 is 0 Å². The standard InChI is InChI=1S/C16H22N2O2/c1-2-3-4-5-6-11-15-17-13-9-7-8-10-14(13)18(15)12-16(19)20/h7-10H,2-6,11-12H2,1H3,(H,19,20). The van der Waals surface area contributed by atoms with Gasteiger partial charge < -0.3 is 9.67 Å². The molecule has 1 aromatic heterocycles. The van der Waals surface area contributed by atoms with Crippen LogP contribution in [-0.4, -0.2) is 20.6 Å². The van der Waals surface area contributed by atoms with Gasteiger partial charge in [-0.15, -0.1) is 0 Å². The van der Waals surface area contributed by atoms with Gasteiger partial charge in [-0.1, -0.05) is 44.7 Å². The Labute approximate surface area is 119 Å². The van der Waals surface area contributed by atoms with E-state index < -0.39 is 5.97 Å². The molecule has 0 saturated heterocycles. The van der Waals surface area contributed by atoms with Crippen LogP contribution in [0, 0.1) is 0 Å². The third-order valence-electron chi connectivity index (χ3n) is 3.53. The molecular formula is C16H22N2O2. The zero-order chi connectivity index (χ0) is 14.4. The molecule has 2 aromatic rings. The maximum absolute atomic E-state index is 11.0. The van der Waals surface area contributed by atoms with E-state index in [0.29, 0.717) is 0 Å². The predicted molar refractivity (Wildman–Crippen MR) is 79.8 cm³/mol. The van der Waals surface area contributed by atoms with Crippen molar-refractivity contribution in [2.24, 2.45) is 0 Å². The minimum atomic E-state index is -0.819. The fourth-order valence-electron chi connectivity index (χ4n) is 2.51. The molecule has 1 aromatic carbocycles. The summed E-state index contributed by atoms with van der Waals surface area (Å²) >= 11 is 0. The van der Waals surface area contributed by atoms with Gasteiger partial charge in [0.25, 0.3) is 0 Å². The Morgan fingerprint density at radius 3 is 2.70 bits per heavy atom. The minimum Gasteiger partial charge on any atom is -0.480 e. The summed E-state index contributed by atoms with van der Waals surface area (Å²) in [5.41, 5.74) is 1.80. The van der Waals surface area contributed by atoms with Crippen LogP contribution in [0.2, 0.25) is 0 Å². The van der Waals surface area contributed by atoms with Gasteiger partial charge in [0, 0.05) is 6.42 Å². The van der Waals surface area contributed by atoms with Gasteiger partial charge in [0.05, 0.1) is 11.0 Å². The Morgan fingerprint density at radius 2 is 1.95 bits per heavy atom. The highest BCUT2D eigenvalue weighted by molar-refractivity contribution is 5.78. The molecule has 0 fully saturated rings. The molecule has 0 spiro atoms. The molecule has 4 nitrogen and oxygen atoms in total. The normalized spacial score (nSPS) is 11.1. The van der Waals surface area contributed by atoms with Crippen LogP contribution in [0.4, 0.5) is 0 Å². The van der Waals surface area contributed by atoms with Crippen molar-refractivity contribution in [2.45, 2.75) is 52.0 Å². The van der Waals surface area contributed by atoms with Gasteiger partial charge in [0.1, 0.15) is 12.4 Å². The lowest BCUT2D eigenvalue weighted by Gasteiger charge is -2.06. The lowest BCUT2D eigenvalue weighted by atomic mass is 10.1. The van der Waals surface area contributed by atoms with E-state index in [0.717, 1.165) is 29.7 Å². The Morgan fingerprint density at radius 1 is 1.20 bits per heavy atom. The summed E-state index contributed by atoms with van der Waals surface area (Å²) in [6.07, 6.45) is 6.86. The highest BCUT2D eigenvalue weighted by atomic mass is 16.4. The third-order valence-corrected chi connectivity index (χ3v) is 3.53. The molecule has 2 rings (SSSR count). The molecule has 0 atom stereocenters. The van der Waals surface area contributed by atoms with Crippen molar-refractivity contribution in [3.63, 3.8) is 0 Å². The number of hydrogen-bond donors (Lipinski definition) is 1. The molecule has 0 unspecified atom stereocenters. The molecule has 0 radical (unpaired) electrons. The van der Waals surface area contributed by atoms with Gasteiger partial charge in [-0.05, 0) is 18.6 Å². The SMILES string of the molecule is CCCCCCCc1nc2ccccc2n1CC(=O)O. The Balaban J connectivity index is 2.12. The Kier molecular flexibility index (Phi) is 5.16. The van der Waals surface area contributed by atoms with Crippen LogP contribution >= 0.6 is 0 Å². The molecule has 0 aliphatic carbocycles. The molecule has 1 N–H and O–H groups in total. The van der Waals surface area contributed by atoms with Gasteiger partial charge in [0.2, 0.25) is 0 Å². The monoisotopic (exact) mass is 274 g/mol. The molecule has 4 heteroatoms. The van der Waals surface area contributed by atoms with Gasteiger partial charge >= 0.3 is 5.97 Å². The zero-order valence-corrected chi connectivity index (χ0v) is 12.0. The summed E-state index contributed by atoms with van der Waals surface area (Å²) in [6, 6.07) is 7.74. The number of aromatic nitrogens is 2. The van der Waals surface area contributed by atoms with Crippen molar-refractivity contribution in [1.29, 1.82) is 0 Å². The van der Waals surface area contributed by atoms with E-state index in [1.54, 1.807) is 0 Å². The van der Waals surface area contributed by atoms with E-state index in [1.807, 2.05) is 28.8 Å². The second-order valence-electron chi connectivity index (χ2n) is 5.16. The smallest absolute Gasteiger partial charge is 0.323 e. The molecule has 108 valence electrons. The highest BCUT2D eigenvalue weighted by Crippen LogP contribution is 2.18. The van der Waals surface area contributed by atoms with E-state index in [-0.39, 0.29) is 6.54 Å². The Bertz CT molecular complexity index is 575. The van der Waals surface area contributed by atoms with Gasteiger partial charge in [-0.3, -0.25) is 4.79 Å². The first-order valence-electron chi connectivity index (χ1n) is 7.38. The van der Waals surface area contributed by atoms with E-state index in [2.05, 4.69) is 11.9 Å². The topological polar surface area (TPSA) is 55.1 Å². The molecule has 0 aliphatic heterocycles. The minimum absolute atomic E-state index is 0.00912.